The molecule has 9 nitrogen and oxygen atoms in total. The summed E-state index contributed by atoms with van der Waals surface area (Å²) in [6.45, 7) is -0.637. The van der Waals surface area contributed by atoms with Crippen LogP contribution in [0.1, 0.15) is 23.0 Å². The molecule has 1 amide bonds. The molecule has 162 valence electrons. The van der Waals surface area contributed by atoms with Gasteiger partial charge >= 0.3 is 0 Å². The number of amides is 1. The molecule has 0 saturated carbocycles. The second-order valence-electron chi connectivity index (χ2n) is 7.04. The van der Waals surface area contributed by atoms with E-state index in [-0.39, 0.29) is 5.69 Å². The van der Waals surface area contributed by atoms with E-state index in [9.17, 15) is 29.8 Å². The SMILES string of the molecule is O=C(Nc1ccccc1)C(=O)[C@H](c1ccccc1)[C@@H](C[N+](=O)[O-])c1ccc([N+](=O)[O-])cc1. The van der Waals surface area contributed by atoms with Crippen molar-refractivity contribution in [3.63, 3.8) is 0 Å². The maximum absolute atomic E-state index is 13.3. The molecular formula is C23H19N3O6. The quantitative estimate of drug-likeness (QED) is 0.309. The molecular weight excluding hydrogens is 414 g/mol. The largest absolute Gasteiger partial charge is 0.319 e. The molecule has 0 radical (unpaired) electrons. The number of ketones is 1. The van der Waals surface area contributed by atoms with Gasteiger partial charge in [-0.1, -0.05) is 60.7 Å². The highest BCUT2D eigenvalue weighted by molar-refractivity contribution is 6.42. The van der Waals surface area contributed by atoms with Crippen molar-refractivity contribution >= 4 is 23.1 Å². The van der Waals surface area contributed by atoms with Gasteiger partial charge in [-0.2, -0.15) is 0 Å². The van der Waals surface area contributed by atoms with Crippen molar-refractivity contribution in [2.45, 2.75) is 11.8 Å². The number of hydrogen-bond donors (Lipinski definition) is 1. The Bertz CT molecular complexity index is 1120. The summed E-state index contributed by atoms with van der Waals surface area (Å²) in [4.78, 5) is 47.3. The lowest BCUT2D eigenvalue weighted by Gasteiger charge is -2.24. The summed E-state index contributed by atoms with van der Waals surface area (Å²) in [6, 6.07) is 21.9. The highest BCUT2D eigenvalue weighted by atomic mass is 16.6. The third kappa shape index (κ3) is 5.39. The van der Waals surface area contributed by atoms with Gasteiger partial charge in [0.15, 0.2) is 0 Å². The molecule has 3 aromatic carbocycles. The fourth-order valence-corrected chi connectivity index (χ4v) is 3.49. The summed E-state index contributed by atoms with van der Waals surface area (Å²) >= 11 is 0. The predicted molar refractivity (Wildman–Crippen MR) is 117 cm³/mol. The van der Waals surface area contributed by atoms with E-state index >= 15 is 0 Å². The van der Waals surface area contributed by atoms with E-state index in [0.717, 1.165) is 0 Å². The van der Waals surface area contributed by atoms with Crippen molar-refractivity contribution in [1.29, 1.82) is 0 Å². The number of Topliss-reactive ketones (excluding diaryl/α,β-unsaturated/α-hetero) is 1. The normalized spacial score (nSPS) is 12.4. The van der Waals surface area contributed by atoms with E-state index in [1.807, 2.05) is 0 Å². The molecule has 0 unspecified atom stereocenters. The summed E-state index contributed by atoms with van der Waals surface area (Å²) < 4.78 is 0. The highest BCUT2D eigenvalue weighted by Gasteiger charge is 2.38. The van der Waals surface area contributed by atoms with Crippen molar-refractivity contribution in [3.05, 3.63) is 116 Å². The van der Waals surface area contributed by atoms with Crippen molar-refractivity contribution in [3.8, 4) is 0 Å². The Kier molecular flexibility index (Phi) is 7.02. The van der Waals surface area contributed by atoms with Crippen LogP contribution in [-0.2, 0) is 9.59 Å². The van der Waals surface area contributed by atoms with Gasteiger partial charge < -0.3 is 5.32 Å². The Hall–Kier alpha value is -4.40. The summed E-state index contributed by atoms with van der Waals surface area (Å²) in [5.74, 6) is -3.92. The first-order valence-corrected chi connectivity index (χ1v) is 9.68. The lowest BCUT2D eigenvalue weighted by Crippen LogP contribution is -2.34. The minimum Gasteiger partial charge on any atom is -0.319 e. The van der Waals surface area contributed by atoms with Gasteiger partial charge in [0.25, 0.3) is 11.6 Å². The molecule has 3 rings (SSSR count). The number of anilines is 1. The van der Waals surface area contributed by atoms with Gasteiger partial charge in [0, 0.05) is 22.7 Å². The third-order valence-electron chi connectivity index (χ3n) is 4.98. The number of rotatable bonds is 9. The average Bonchev–Trinajstić information content (AvgIpc) is 2.79. The minimum absolute atomic E-state index is 0.182. The van der Waals surface area contributed by atoms with Gasteiger partial charge in [-0.15, -0.1) is 0 Å². The van der Waals surface area contributed by atoms with E-state index in [1.54, 1.807) is 60.7 Å². The van der Waals surface area contributed by atoms with Gasteiger partial charge in [0.2, 0.25) is 12.3 Å². The Balaban J connectivity index is 2.02. The average molecular weight is 433 g/mol. The molecule has 9 heteroatoms. The van der Waals surface area contributed by atoms with Gasteiger partial charge in [0.05, 0.1) is 16.8 Å². The lowest BCUT2D eigenvalue weighted by atomic mass is 9.78. The molecule has 0 aliphatic rings. The van der Waals surface area contributed by atoms with Gasteiger partial charge in [-0.25, -0.2) is 0 Å². The maximum Gasteiger partial charge on any atom is 0.292 e. The molecule has 3 aromatic rings. The Morgan fingerprint density at radius 1 is 0.781 bits per heavy atom. The zero-order valence-electron chi connectivity index (χ0n) is 16.8. The van der Waals surface area contributed by atoms with Crippen LogP contribution in [0.5, 0.6) is 0 Å². The maximum atomic E-state index is 13.3. The van der Waals surface area contributed by atoms with Crippen molar-refractivity contribution < 1.29 is 19.4 Å². The summed E-state index contributed by atoms with van der Waals surface area (Å²) in [6.07, 6.45) is 0. The number of hydrogen-bond acceptors (Lipinski definition) is 6. The molecule has 2 atom stereocenters. The third-order valence-corrected chi connectivity index (χ3v) is 4.98. The second kappa shape index (κ2) is 10.1. The Labute approximate surface area is 183 Å². The fraction of sp³-hybridized carbons (Fsp3) is 0.130. The predicted octanol–water partition coefficient (Wildman–Crippen LogP) is 3.95. The van der Waals surface area contributed by atoms with Gasteiger partial charge in [-0.05, 0) is 23.3 Å². The van der Waals surface area contributed by atoms with Crippen LogP contribution in [0.25, 0.3) is 0 Å². The Morgan fingerprint density at radius 2 is 1.34 bits per heavy atom. The first-order chi connectivity index (χ1) is 15.4. The fourth-order valence-electron chi connectivity index (χ4n) is 3.49. The number of benzene rings is 3. The van der Waals surface area contributed by atoms with Crippen LogP contribution in [-0.4, -0.2) is 28.1 Å². The lowest BCUT2D eigenvalue weighted by molar-refractivity contribution is -0.483. The van der Waals surface area contributed by atoms with Crippen LogP contribution in [0.2, 0.25) is 0 Å². The highest BCUT2D eigenvalue weighted by Crippen LogP contribution is 2.35. The van der Waals surface area contributed by atoms with E-state index in [2.05, 4.69) is 5.32 Å². The van der Waals surface area contributed by atoms with Gasteiger partial charge in [-0.3, -0.25) is 29.8 Å². The minimum atomic E-state index is -1.16. The van der Waals surface area contributed by atoms with Crippen LogP contribution in [0, 0.1) is 20.2 Å². The molecule has 1 N–H and O–H groups in total. The molecule has 0 spiro atoms. The molecule has 0 aromatic heterocycles. The number of carbonyl (C=O) groups excluding carboxylic acids is 2. The zero-order valence-corrected chi connectivity index (χ0v) is 16.8. The van der Waals surface area contributed by atoms with E-state index < -0.39 is 39.9 Å². The summed E-state index contributed by atoms with van der Waals surface area (Å²) in [5, 5.41) is 25.0. The smallest absolute Gasteiger partial charge is 0.292 e. The second-order valence-corrected chi connectivity index (χ2v) is 7.04. The molecule has 0 heterocycles. The molecule has 0 saturated heterocycles. The number of non-ortho nitro benzene ring substituents is 1. The summed E-state index contributed by atoms with van der Waals surface area (Å²) in [7, 11) is 0. The first kappa shape index (κ1) is 22.3. The van der Waals surface area contributed by atoms with E-state index in [1.165, 1.54) is 24.3 Å². The summed E-state index contributed by atoms with van der Waals surface area (Å²) in [5.41, 5.74) is 1.02. The van der Waals surface area contributed by atoms with Crippen molar-refractivity contribution in [1.82, 2.24) is 0 Å². The molecule has 0 aliphatic heterocycles. The zero-order chi connectivity index (χ0) is 23.1. The number of nitro benzene ring substituents is 1. The van der Waals surface area contributed by atoms with Crippen LogP contribution in [0.4, 0.5) is 11.4 Å². The van der Waals surface area contributed by atoms with E-state index in [0.29, 0.717) is 16.8 Å². The molecule has 0 bridgehead atoms. The topological polar surface area (TPSA) is 132 Å². The van der Waals surface area contributed by atoms with Gasteiger partial charge in [0.1, 0.15) is 0 Å². The van der Waals surface area contributed by atoms with Crippen LogP contribution >= 0.6 is 0 Å². The Morgan fingerprint density at radius 3 is 1.88 bits per heavy atom. The number of nitrogens with zero attached hydrogens (tertiary/aromatic N) is 2. The molecule has 0 fully saturated rings. The van der Waals surface area contributed by atoms with Crippen molar-refractivity contribution in [2.24, 2.45) is 0 Å². The van der Waals surface area contributed by atoms with E-state index in [4.69, 9.17) is 0 Å². The monoisotopic (exact) mass is 433 g/mol. The van der Waals surface area contributed by atoms with Crippen LogP contribution in [0.15, 0.2) is 84.9 Å². The molecule has 32 heavy (non-hydrogen) atoms. The van der Waals surface area contributed by atoms with Crippen LogP contribution < -0.4 is 5.32 Å². The standard InChI is InChI=1S/C23H19N3O6/c27-22(23(28)24-18-9-5-2-6-10-18)21(17-7-3-1-4-8-17)20(15-25(29)30)16-11-13-19(14-12-16)26(31)32/h1-14,20-21H,15H2,(H,24,28)/t20-,21+/m0/s1. The number of nitrogens with one attached hydrogen (secondary N) is 1. The number of carbonyl (C=O) groups is 2. The number of nitro groups is 2. The molecule has 0 aliphatic carbocycles. The number of para-hydroxylation sites is 1. The van der Waals surface area contributed by atoms with Crippen LogP contribution in [0.3, 0.4) is 0 Å². The first-order valence-electron chi connectivity index (χ1n) is 9.68. The van der Waals surface area contributed by atoms with Crippen molar-refractivity contribution in [2.75, 3.05) is 11.9 Å².